The van der Waals surface area contributed by atoms with Crippen LogP contribution >= 0.6 is 0 Å². The molecular formula is C25H23N5O2. The van der Waals surface area contributed by atoms with E-state index in [1.807, 2.05) is 67.5 Å². The summed E-state index contributed by atoms with van der Waals surface area (Å²) in [6.45, 7) is 0.937. The smallest absolute Gasteiger partial charge is 0.273 e. The van der Waals surface area contributed by atoms with E-state index in [9.17, 15) is 9.90 Å². The van der Waals surface area contributed by atoms with Crippen LogP contribution in [0.5, 0.6) is 5.75 Å². The summed E-state index contributed by atoms with van der Waals surface area (Å²) in [5.41, 5.74) is 4.51. The number of anilines is 1. The summed E-state index contributed by atoms with van der Waals surface area (Å²) in [7, 11) is 3.81. The van der Waals surface area contributed by atoms with Crippen LogP contribution in [0.15, 0.2) is 60.9 Å². The number of aromatic nitrogens is 3. The quantitative estimate of drug-likeness (QED) is 0.539. The topological polar surface area (TPSA) is 82.5 Å². The molecule has 1 N–H and O–H groups in total. The van der Waals surface area contributed by atoms with Crippen molar-refractivity contribution in [2.45, 2.75) is 13.0 Å². The molecule has 5 rings (SSSR count). The highest BCUT2D eigenvalue weighted by molar-refractivity contribution is 6.05. The third-order valence-electron chi connectivity index (χ3n) is 5.85. The van der Waals surface area contributed by atoms with Gasteiger partial charge in [-0.25, -0.2) is 9.97 Å². The summed E-state index contributed by atoms with van der Waals surface area (Å²) in [5.74, 6) is 0.632. The summed E-state index contributed by atoms with van der Waals surface area (Å²) in [6.07, 6.45) is 3.98. The summed E-state index contributed by atoms with van der Waals surface area (Å²) in [6, 6.07) is 15.1. The van der Waals surface area contributed by atoms with Gasteiger partial charge in [-0.15, -0.1) is 0 Å². The SMILES string of the molecule is CN(C)c1ccc2c(c1O)CCN(C(=O)c1nc(-c3cccnc3)nc3ccccc13)C2. The van der Waals surface area contributed by atoms with Gasteiger partial charge >= 0.3 is 0 Å². The Morgan fingerprint density at radius 3 is 2.69 bits per heavy atom. The van der Waals surface area contributed by atoms with Crippen LogP contribution in [0.1, 0.15) is 21.6 Å². The van der Waals surface area contributed by atoms with E-state index >= 15 is 0 Å². The number of para-hydroxylation sites is 1. The lowest BCUT2D eigenvalue weighted by Gasteiger charge is -2.30. The van der Waals surface area contributed by atoms with E-state index in [1.165, 1.54) is 0 Å². The Hall–Kier alpha value is -4.00. The lowest BCUT2D eigenvalue weighted by Crippen LogP contribution is -2.36. The van der Waals surface area contributed by atoms with Crippen LogP contribution in [0.2, 0.25) is 0 Å². The van der Waals surface area contributed by atoms with Gasteiger partial charge in [0, 0.05) is 56.1 Å². The predicted molar refractivity (Wildman–Crippen MR) is 124 cm³/mol. The number of phenols is 1. The maximum absolute atomic E-state index is 13.6. The Bertz CT molecular complexity index is 1320. The largest absolute Gasteiger partial charge is 0.505 e. The number of nitrogens with zero attached hydrogens (tertiary/aromatic N) is 5. The molecule has 0 saturated heterocycles. The summed E-state index contributed by atoms with van der Waals surface area (Å²) in [5, 5.41) is 11.4. The van der Waals surface area contributed by atoms with Gasteiger partial charge in [0.25, 0.3) is 5.91 Å². The molecule has 2 aromatic heterocycles. The molecule has 0 unspecified atom stereocenters. The Morgan fingerprint density at radius 1 is 1.06 bits per heavy atom. The second-order valence-electron chi connectivity index (χ2n) is 8.10. The van der Waals surface area contributed by atoms with E-state index in [4.69, 9.17) is 0 Å². The van der Waals surface area contributed by atoms with E-state index in [-0.39, 0.29) is 5.91 Å². The molecule has 32 heavy (non-hydrogen) atoms. The van der Waals surface area contributed by atoms with Crippen LogP contribution in [0.3, 0.4) is 0 Å². The molecule has 160 valence electrons. The number of rotatable bonds is 3. The molecule has 1 amide bonds. The molecule has 0 saturated carbocycles. The van der Waals surface area contributed by atoms with E-state index in [2.05, 4.69) is 15.0 Å². The molecule has 4 aromatic rings. The maximum atomic E-state index is 13.6. The fourth-order valence-electron chi connectivity index (χ4n) is 4.17. The standard InChI is InChI=1S/C25H23N5O2/c1-29(2)21-10-9-17-15-30(13-11-18(17)23(21)31)25(32)22-19-7-3-4-8-20(19)27-24(28-22)16-6-5-12-26-14-16/h3-10,12,14,31H,11,13,15H2,1-2H3. The minimum atomic E-state index is -0.143. The van der Waals surface area contributed by atoms with Crippen molar-refractivity contribution in [3.63, 3.8) is 0 Å². The van der Waals surface area contributed by atoms with Crippen LogP contribution in [-0.2, 0) is 13.0 Å². The van der Waals surface area contributed by atoms with E-state index in [0.717, 1.165) is 33.3 Å². The third kappa shape index (κ3) is 3.41. The molecule has 1 aliphatic rings. The molecule has 0 fully saturated rings. The number of hydrogen-bond acceptors (Lipinski definition) is 6. The van der Waals surface area contributed by atoms with Crippen LogP contribution < -0.4 is 4.90 Å². The number of carbonyl (C=O) groups excluding carboxylic acids is 1. The normalized spacial score (nSPS) is 13.1. The molecule has 7 heteroatoms. The average Bonchev–Trinajstić information content (AvgIpc) is 2.83. The lowest BCUT2D eigenvalue weighted by atomic mass is 9.97. The van der Waals surface area contributed by atoms with Crippen molar-refractivity contribution in [2.75, 3.05) is 25.5 Å². The third-order valence-corrected chi connectivity index (χ3v) is 5.85. The first-order chi connectivity index (χ1) is 15.5. The number of fused-ring (bicyclic) bond motifs is 2. The zero-order valence-corrected chi connectivity index (χ0v) is 18.0. The first kappa shape index (κ1) is 19.9. The van der Waals surface area contributed by atoms with Crippen LogP contribution in [0, 0.1) is 0 Å². The highest BCUT2D eigenvalue weighted by Crippen LogP contribution is 2.36. The van der Waals surface area contributed by atoms with E-state index < -0.39 is 0 Å². The van der Waals surface area contributed by atoms with E-state index in [1.54, 1.807) is 17.3 Å². The molecule has 2 aromatic carbocycles. The van der Waals surface area contributed by atoms with Crippen molar-refractivity contribution in [3.05, 3.63) is 77.7 Å². The molecule has 0 bridgehead atoms. The molecule has 0 radical (unpaired) electrons. The van der Waals surface area contributed by atoms with Crippen LogP contribution in [-0.4, -0.2) is 51.5 Å². The molecule has 1 aliphatic heterocycles. The second kappa shape index (κ2) is 7.92. The highest BCUT2D eigenvalue weighted by Gasteiger charge is 2.27. The van der Waals surface area contributed by atoms with Crippen LogP contribution in [0.4, 0.5) is 5.69 Å². The number of hydrogen-bond donors (Lipinski definition) is 1. The molecule has 0 atom stereocenters. The van der Waals surface area contributed by atoms with Crippen molar-refractivity contribution < 1.29 is 9.90 Å². The molecular weight excluding hydrogens is 402 g/mol. The monoisotopic (exact) mass is 425 g/mol. The van der Waals surface area contributed by atoms with Crippen molar-refractivity contribution in [1.82, 2.24) is 19.9 Å². The van der Waals surface area contributed by atoms with Gasteiger partial charge < -0.3 is 14.9 Å². The van der Waals surface area contributed by atoms with Gasteiger partial charge in [0.2, 0.25) is 0 Å². The first-order valence-corrected chi connectivity index (χ1v) is 10.5. The Labute approximate surface area is 186 Å². The Morgan fingerprint density at radius 2 is 1.91 bits per heavy atom. The van der Waals surface area contributed by atoms with Crippen molar-refractivity contribution in [1.29, 1.82) is 0 Å². The predicted octanol–water partition coefficient (Wildman–Crippen LogP) is 3.66. The minimum Gasteiger partial charge on any atom is -0.505 e. The van der Waals surface area contributed by atoms with Crippen molar-refractivity contribution in [2.24, 2.45) is 0 Å². The average molecular weight is 425 g/mol. The number of phenolic OH excluding ortho intramolecular Hbond substituents is 1. The van der Waals surface area contributed by atoms with Crippen molar-refractivity contribution >= 4 is 22.5 Å². The summed E-state index contributed by atoms with van der Waals surface area (Å²) >= 11 is 0. The van der Waals surface area contributed by atoms with Gasteiger partial charge in [-0.2, -0.15) is 0 Å². The van der Waals surface area contributed by atoms with Crippen molar-refractivity contribution in [3.8, 4) is 17.1 Å². The van der Waals surface area contributed by atoms with Gasteiger partial charge in [0.15, 0.2) is 5.82 Å². The lowest BCUT2D eigenvalue weighted by molar-refractivity contribution is 0.0730. The first-order valence-electron chi connectivity index (χ1n) is 10.5. The molecule has 0 aliphatic carbocycles. The van der Waals surface area contributed by atoms with Crippen LogP contribution in [0.25, 0.3) is 22.3 Å². The van der Waals surface area contributed by atoms with Gasteiger partial charge in [-0.1, -0.05) is 24.3 Å². The second-order valence-corrected chi connectivity index (χ2v) is 8.10. The zero-order chi connectivity index (χ0) is 22.2. The molecule has 3 heterocycles. The fourth-order valence-corrected chi connectivity index (χ4v) is 4.17. The van der Waals surface area contributed by atoms with Gasteiger partial charge in [0.1, 0.15) is 11.4 Å². The van der Waals surface area contributed by atoms with E-state index in [0.29, 0.717) is 36.8 Å². The number of pyridine rings is 1. The van der Waals surface area contributed by atoms with Gasteiger partial charge in [-0.3, -0.25) is 9.78 Å². The summed E-state index contributed by atoms with van der Waals surface area (Å²) < 4.78 is 0. The number of aromatic hydroxyl groups is 1. The zero-order valence-electron chi connectivity index (χ0n) is 18.0. The number of carbonyl (C=O) groups is 1. The fraction of sp³-hybridized carbons (Fsp3) is 0.200. The number of amides is 1. The Balaban J connectivity index is 1.54. The maximum Gasteiger partial charge on any atom is 0.273 e. The van der Waals surface area contributed by atoms with Gasteiger partial charge in [-0.05, 0) is 36.2 Å². The highest BCUT2D eigenvalue weighted by atomic mass is 16.3. The number of benzene rings is 2. The van der Waals surface area contributed by atoms with Gasteiger partial charge in [0.05, 0.1) is 11.2 Å². The minimum absolute atomic E-state index is 0.143. The molecule has 0 spiro atoms. The summed E-state index contributed by atoms with van der Waals surface area (Å²) in [4.78, 5) is 30.8. The molecule has 7 nitrogen and oxygen atoms in total. The Kier molecular flexibility index (Phi) is 4.93.